The average molecular weight is 266 g/mol. The fourth-order valence-corrected chi connectivity index (χ4v) is 3.52. The maximum atomic E-state index is 11.1. The molecule has 2 atom stereocenters. The van der Waals surface area contributed by atoms with Gasteiger partial charge in [-0.05, 0) is 26.7 Å². The first-order chi connectivity index (χ1) is 8.67. The molecule has 0 bridgehead atoms. The van der Waals surface area contributed by atoms with Crippen LogP contribution in [0.1, 0.15) is 48.0 Å². The van der Waals surface area contributed by atoms with E-state index in [1.807, 2.05) is 0 Å². The van der Waals surface area contributed by atoms with Gasteiger partial charge >= 0.3 is 0 Å². The van der Waals surface area contributed by atoms with Crippen LogP contribution < -0.4 is 4.90 Å². The van der Waals surface area contributed by atoms with E-state index in [-0.39, 0.29) is 12.2 Å². The summed E-state index contributed by atoms with van der Waals surface area (Å²) >= 11 is 1.53. The molecule has 1 aromatic rings. The number of morpholine rings is 1. The first-order valence-electron chi connectivity index (χ1n) is 6.53. The highest BCUT2D eigenvalue weighted by Gasteiger charge is 2.32. The highest BCUT2D eigenvalue weighted by Crippen LogP contribution is 2.43. The van der Waals surface area contributed by atoms with E-state index in [1.165, 1.54) is 24.2 Å². The first kappa shape index (κ1) is 12.1. The van der Waals surface area contributed by atoms with Crippen molar-refractivity contribution in [3.63, 3.8) is 0 Å². The van der Waals surface area contributed by atoms with Gasteiger partial charge in [0.1, 0.15) is 0 Å². The van der Waals surface area contributed by atoms with Crippen LogP contribution in [0.15, 0.2) is 0 Å². The van der Waals surface area contributed by atoms with Gasteiger partial charge in [-0.2, -0.15) is 0 Å². The van der Waals surface area contributed by atoms with Crippen molar-refractivity contribution in [1.82, 2.24) is 4.98 Å². The Morgan fingerprint density at radius 3 is 2.56 bits per heavy atom. The molecule has 0 N–H and O–H groups in total. The summed E-state index contributed by atoms with van der Waals surface area (Å²) in [5, 5.41) is 0.987. The van der Waals surface area contributed by atoms with Crippen LogP contribution in [-0.4, -0.2) is 36.6 Å². The van der Waals surface area contributed by atoms with Crippen molar-refractivity contribution < 1.29 is 9.53 Å². The number of hydrogen-bond acceptors (Lipinski definition) is 5. The van der Waals surface area contributed by atoms with Crippen molar-refractivity contribution in [2.75, 3.05) is 18.0 Å². The molecule has 98 valence electrons. The van der Waals surface area contributed by atoms with Gasteiger partial charge in [0.15, 0.2) is 11.4 Å². The fraction of sp³-hybridized carbons (Fsp3) is 0.692. The van der Waals surface area contributed by atoms with Crippen LogP contribution in [0.3, 0.4) is 0 Å². The van der Waals surface area contributed by atoms with Gasteiger partial charge in [0.05, 0.1) is 22.8 Å². The SMILES string of the molecule is CC1CN(c2nc(C3CC3)c(C=O)s2)CC(C)O1. The molecule has 3 rings (SSSR count). The van der Waals surface area contributed by atoms with E-state index in [9.17, 15) is 4.79 Å². The van der Waals surface area contributed by atoms with E-state index in [4.69, 9.17) is 9.72 Å². The Morgan fingerprint density at radius 2 is 2.00 bits per heavy atom. The van der Waals surface area contributed by atoms with E-state index in [0.29, 0.717) is 5.92 Å². The molecule has 2 fully saturated rings. The van der Waals surface area contributed by atoms with Crippen molar-refractivity contribution in [3.05, 3.63) is 10.6 Å². The molecule has 4 nitrogen and oxygen atoms in total. The summed E-state index contributed by atoms with van der Waals surface area (Å²) in [7, 11) is 0. The maximum Gasteiger partial charge on any atom is 0.186 e. The zero-order chi connectivity index (χ0) is 12.7. The minimum Gasteiger partial charge on any atom is -0.372 e. The lowest BCUT2D eigenvalue weighted by Gasteiger charge is -2.35. The summed E-state index contributed by atoms with van der Waals surface area (Å²) in [6.45, 7) is 5.89. The number of anilines is 1. The van der Waals surface area contributed by atoms with Gasteiger partial charge in [0, 0.05) is 19.0 Å². The van der Waals surface area contributed by atoms with Crippen molar-refractivity contribution in [2.24, 2.45) is 0 Å². The minimum atomic E-state index is 0.224. The Morgan fingerprint density at radius 1 is 1.33 bits per heavy atom. The highest BCUT2D eigenvalue weighted by atomic mass is 32.1. The number of hydrogen-bond donors (Lipinski definition) is 0. The highest BCUT2D eigenvalue weighted by molar-refractivity contribution is 7.17. The Kier molecular flexibility index (Phi) is 3.11. The van der Waals surface area contributed by atoms with Crippen molar-refractivity contribution >= 4 is 22.8 Å². The maximum absolute atomic E-state index is 11.1. The van der Waals surface area contributed by atoms with E-state index < -0.39 is 0 Å². The van der Waals surface area contributed by atoms with Crippen molar-refractivity contribution in [3.8, 4) is 0 Å². The Bertz CT molecular complexity index is 446. The summed E-state index contributed by atoms with van der Waals surface area (Å²) in [5.74, 6) is 0.533. The number of ether oxygens (including phenoxy) is 1. The molecule has 1 aliphatic carbocycles. The van der Waals surface area contributed by atoms with Gasteiger partial charge in [0.25, 0.3) is 0 Å². The van der Waals surface area contributed by atoms with Gasteiger partial charge in [-0.25, -0.2) is 4.98 Å². The number of aldehydes is 1. The summed E-state index contributed by atoms with van der Waals surface area (Å²) < 4.78 is 5.73. The fourth-order valence-electron chi connectivity index (χ4n) is 2.53. The van der Waals surface area contributed by atoms with Crippen LogP contribution in [0.5, 0.6) is 0 Å². The monoisotopic (exact) mass is 266 g/mol. The van der Waals surface area contributed by atoms with Crippen LogP contribution in [-0.2, 0) is 4.74 Å². The van der Waals surface area contributed by atoms with E-state index in [0.717, 1.165) is 35.1 Å². The molecule has 0 amide bonds. The van der Waals surface area contributed by atoms with E-state index in [1.54, 1.807) is 0 Å². The molecule has 1 saturated heterocycles. The summed E-state index contributed by atoms with van der Waals surface area (Å²) in [5.41, 5.74) is 1.02. The van der Waals surface area contributed by atoms with E-state index in [2.05, 4.69) is 18.7 Å². The second-order valence-corrected chi connectivity index (χ2v) is 6.31. The number of nitrogens with zero attached hydrogens (tertiary/aromatic N) is 2. The second-order valence-electron chi connectivity index (χ2n) is 5.30. The van der Waals surface area contributed by atoms with Crippen LogP contribution >= 0.6 is 11.3 Å². The predicted molar refractivity (Wildman–Crippen MR) is 71.7 cm³/mol. The Hall–Kier alpha value is -0.940. The molecule has 1 aromatic heterocycles. The molecule has 0 spiro atoms. The molecular formula is C13H18N2O2S. The minimum absolute atomic E-state index is 0.224. The topological polar surface area (TPSA) is 42.4 Å². The molecular weight excluding hydrogens is 248 g/mol. The molecule has 18 heavy (non-hydrogen) atoms. The molecule has 0 radical (unpaired) electrons. The third-order valence-corrected chi connectivity index (χ3v) is 4.49. The molecule has 2 unspecified atom stereocenters. The van der Waals surface area contributed by atoms with Gasteiger partial charge in [0.2, 0.25) is 0 Å². The summed E-state index contributed by atoms with van der Waals surface area (Å²) in [6.07, 6.45) is 3.77. The van der Waals surface area contributed by atoms with Crippen molar-refractivity contribution in [2.45, 2.75) is 44.8 Å². The van der Waals surface area contributed by atoms with Crippen molar-refractivity contribution in [1.29, 1.82) is 0 Å². The molecule has 2 heterocycles. The lowest BCUT2D eigenvalue weighted by atomic mass is 10.2. The molecule has 1 aliphatic heterocycles. The quantitative estimate of drug-likeness (QED) is 0.788. The van der Waals surface area contributed by atoms with Crippen LogP contribution in [0.25, 0.3) is 0 Å². The average Bonchev–Trinajstić information content (AvgIpc) is 3.07. The zero-order valence-corrected chi connectivity index (χ0v) is 11.6. The molecule has 0 aromatic carbocycles. The largest absolute Gasteiger partial charge is 0.372 e. The summed E-state index contributed by atoms with van der Waals surface area (Å²) in [6, 6.07) is 0. The third-order valence-electron chi connectivity index (χ3n) is 3.43. The second kappa shape index (κ2) is 4.63. The van der Waals surface area contributed by atoms with Gasteiger partial charge in [-0.1, -0.05) is 11.3 Å². The number of carbonyl (C=O) groups is 1. The summed E-state index contributed by atoms with van der Waals surface area (Å²) in [4.78, 5) is 18.9. The lowest BCUT2D eigenvalue weighted by molar-refractivity contribution is -0.00523. The van der Waals surface area contributed by atoms with Gasteiger partial charge in [-0.3, -0.25) is 4.79 Å². The van der Waals surface area contributed by atoms with Crippen LogP contribution in [0, 0.1) is 0 Å². The Labute approximate surface area is 111 Å². The molecule has 1 saturated carbocycles. The zero-order valence-electron chi connectivity index (χ0n) is 10.8. The standard InChI is InChI=1S/C13H18N2O2S/c1-8-5-15(6-9(2)17-8)13-14-12(10-3-4-10)11(7-16)18-13/h7-10H,3-6H2,1-2H3. The van der Waals surface area contributed by atoms with E-state index >= 15 is 0 Å². The van der Waals surface area contributed by atoms with Gasteiger partial charge in [-0.15, -0.1) is 0 Å². The lowest BCUT2D eigenvalue weighted by Crippen LogP contribution is -2.45. The smallest absolute Gasteiger partial charge is 0.186 e. The molecule has 5 heteroatoms. The predicted octanol–water partition coefficient (Wildman–Crippen LogP) is 2.45. The Balaban J connectivity index is 1.84. The number of rotatable bonds is 3. The van der Waals surface area contributed by atoms with Crippen LogP contribution in [0.2, 0.25) is 0 Å². The normalized spacial score (nSPS) is 28.4. The molecule has 2 aliphatic rings. The first-order valence-corrected chi connectivity index (χ1v) is 7.35. The van der Waals surface area contributed by atoms with Gasteiger partial charge < -0.3 is 9.64 Å². The number of thiazole rings is 1. The number of carbonyl (C=O) groups excluding carboxylic acids is 1. The van der Waals surface area contributed by atoms with Crippen LogP contribution in [0.4, 0.5) is 5.13 Å². The number of aromatic nitrogens is 1. The third kappa shape index (κ3) is 2.29.